The van der Waals surface area contributed by atoms with Gasteiger partial charge < -0.3 is 28.5 Å². The predicted molar refractivity (Wildman–Crippen MR) is 298 cm³/mol. The summed E-state index contributed by atoms with van der Waals surface area (Å²) in [4.78, 5) is 39.8. The smallest absolute Gasteiger partial charge is 0.306 e. The Kier molecular flexibility index (Phi) is 48.2. The van der Waals surface area contributed by atoms with Crippen molar-refractivity contribution in [3.05, 3.63) is 72.9 Å². The summed E-state index contributed by atoms with van der Waals surface area (Å²) < 4.78 is 30.2. The van der Waals surface area contributed by atoms with Crippen LogP contribution in [-0.4, -0.2) is 69.4 Å². The number of carbonyl (C=O) groups is 2. The van der Waals surface area contributed by atoms with Gasteiger partial charge in [0.05, 0.1) is 33.8 Å². The molecule has 0 fully saturated rings. The van der Waals surface area contributed by atoms with E-state index in [4.69, 9.17) is 13.8 Å². The Morgan fingerprint density at radius 1 is 0.500 bits per heavy atom. The van der Waals surface area contributed by atoms with Crippen LogP contribution in [0.1, 0.15) is 245 Å². The van der Waals surface area contributed by atoms with Gasteiger partial charge in [-0.15, -0.1) is 0 Å². The zero-order chi connectivity index (χ0) is 51.5. The fraction of sp³-hybridized carbons (Fsp3) is 0.767. The molecule has 0 radical (unpaired) electrons. The van der Waals surface area contributed by atoms with Crippen molar-refractivity contribution in [2.24, 2.45) is 0 Å². The van der Waals surface area contributed by atoms with E-state index in [1.165, 1.54) is 116 Å². The number of unbranched alkanes of at least 4 members (excludes halogenated alkanes) is 25. The molecule has 10 heteroatoms. The second-order valence-electron chi connectivity index (χ2n) is 20.4. The van der Waals surface area contributed by atoms with Crippen LogP contribution in [0.4, 0.5) is 0 Å². The molecule has 0 aromatic rings. The number of carbonyl (C=O) groups excluding carboxylic acids is 2. The van der Waals surface area contributed by atoms with Gasteiger partial charge in [0.15, 0.2) is 0 Å². The highest BCUT2D eigenvalue weighted by atomic mass is 31.2. The molecule has 1 amide bonds. The van der Waals surface area contributed by atoms with Crippen LogP contribution < -0.4 is 10.2 Å². The lowest BCUT2D eigenvalue weighted by atomic mass is 10.1. The maximum atomic E-state index is 13.5. The third-order valence-electron chi connectivity index (χ3n) is 12.4. The Hall–Kier alpha value is -2.55. The second kappa shape index (κ2) is 50.0. The van der Waals surface area contributed by atoms with Crippen LogP contribution in [0.25, 0.3) is 0 Å². The molecule has 0 saturated carbocycles. The number of ether oxygens (including phenoxy) is 1. The first kappa shape index (κ1) is 67.5. The van der Waals surface area contributed by atoms with Crippen LogP contribution in [-0.2, 0) is 27.9 Å². The average molecular weight is 1000 g/mol. The van der Waals surface area contributed by atoms with Gasteiger partial charge in [-0.1, -0.05) is 203 Å². The molecule has 1 N–H and O–H groups in total. The normalized spacial score (nSPS) is 14.3. The summed E-state index contributed by atoms with van der Waals surface area (Å²) in [5.74, 6) is -0.598. The lowest BCUT2D eigenvalue weighted by Crippen LogP contribution is -2.47. The molecule has 0 aliphatic heterocycles. The Labute approximate surface area is 432 Å². The SMILES string of the molecule is CCCCC/C=C\C/C=C\C/C=C\C/C=C\CCCCCC(=O)NC(COP(=O)([O-])OCC[N+](C)(C)C)C(/C=C\CCCCCCCCCCCC)OC(=O)CCCCC/C=C\CCCCCCCC. The summed E-state index contributed by atoms with van der Waals surface area (Å²) in [6, 6.07) is -0.912. The molecular formula is C60H109N2O7P. The molecular weight excluding hydrogens is 892 g/mol. The van der Waals surface area contributed by atoms with Gasteiger partial charge in [-0.05, 0) is 102 Å². The number of amides is 1. The molecule has 0 aliphatic rings. The summed E-state index contributed by atoms with van der Waals surface area (Å²) in [5, 5.41) is 3.00. The van der Waals surface area contributed by atoms with E-state index in [1.54, 1.807) is 0 Å². The number of nitrogens with zero attached hydrogens (tertiary/aromatic N) is 1. The Morgan fingerprint density at radius 3 is 1.34 bits per heavy atom. The lowest BCUT2D eigenvalue weighted by Gasteiger charge is -2.30. The lowest BCUT2D eigenvalue weighted by molar-refractivity contribution is -0.870. The van der Waals surface area contributed by atoms with E-state index in [-0.39, 0.29) is 31.3 Å². The van der Waals surface area contributed by atoms with Crippen molar-refractivity contribution in [1.82, 2.24) is 5.32 Å². The maximum absolute atomic E-state index is 13.5. The zero-order valence-corrected chi connectivity index (χ0v) is 47.1. The van der Waals surface area contributed by atoms with E-state index in [2.05, 4.69) is 86.8 Å². The number of phosphoric acid groups is 1. The highest BCUT2D eigenvalue weighted by Gasteiger charge is 2.27. The van der Waals surface area contributed by atoms with Crippen LogP contribution in [0.15, 0.2) is 72.9 Å². The monoisotopic (exact) mass is 1000 g/mol. The number of quaternary nitrogens is 1. The summed E-state index contributed by atoms with van der Waals surface area (Å²) in [5.41, 5.74) is 0. The van der Waals surface area contributed by atoms with Crippen molar-refractivity contribution in [1.29, 1.82) is 0 Å². The third-order valence-corrected chi connectivity index (χ3v) is 13.3. The van der Waals surface area contributed by atoms with Gasteiger partial charge in [0.1, 0.15) is 19.3 Å². The quantitative estimate of drug-likeness (QED) is 0.0212. The van der Waals surface area contributed by atoms with Gasteiger partial charge in [0.2, 0.25) is 5.91 Å². The fourth-order valence-electron chi connectivity index (χ4n) is 7.85. The van der Waals surface area contributed by atoms with E-state index < -0.39 is 26.6 Å². The van der Waals surface area contributed by atoms with Gasteiger partial charge in [-0.3, -0.25) is 14.2 Å². The third kappa shape index (κ3) is 50.4. The average Bonchev–Trinajstić information content (AvgIpc) is 3.32. The van der Waals surface area contributed by atoms with E-state index >= 15 is 0 Å². The Balaban J connectivity index is 5.42. The molecule has 0 aromatic heterocycles. The van der Waals surface area contributed by atoms with Crippen LogP contribution in [0.2, 0.25) is 0 Å². The number of rotatable bonds is 51. The molecule has 0 saturated heterocycles. The molecule has 0 aliphatic carbocycles. The van der Waals surface area contributed by atoms with Gasteiger partial charge in [-0.2, -0.15) is 0 Å². The van der Waals surface area contributed by atoms with Crippen LogP contribution in [0.3, 0.4) is 0 Å². The topological polar surface area (TPSA) is 114 Å². The molecule has 0 aromatic carbocycles. The van der Waals surface area contributed by atoms with Gasteiger partial charge in [0, 0.05) is 12.8 Å². The predicted octanol–water partition coefficient (Wildman–Crippen LogP) is 16.6. The minimum atomic E-state index is -4.71. The fourth-order valence-corrected chi connectivity index (χ4v) is 8.57. The minimum Gasteiger partial charge on any atom is -0.756 e. The molecule has 3 atom stereocenters. The van der Waals surface area contributed by atoms with Gasteiger partial charge >= 0.3 is 5.97 Å². The van der Waals surface area contributed by atoms with Crippen molar-refractivity contribution >= 4 is 19.7 Å². The summed E-state index contributed by atoms with van der Waals surface area (Å²) in [7, 11) is 1.15. The maximum Gasteiger partial charge on any atom is 0.306 e. The minimum absolute atomic E-state index is 0.0333. The van der Waals surface area contributed by atoms with Crippen molar-refractivity contribution < 1.29 is 37.3 Å². The van der Waals surface area contributed by atoms with Crippen molar-refractivity contribution in [3.8, 4) is 0 Å². The van der Waals surface area contributed by atoms with E-state index in [0.29, 0.717) is 23.9 Å². The van der Waals surface area contributed by atoms with E-state index in [1.807, 2.05) is 33.3 Å². The zero-order valence-electron chi connectivity index (χ0n) is 46.2. The largest absolute Gasteiger partial charge is 0.756 e. The summed E-state index contributed by atoms with van der Waals surface area (Å²) in [6.45, 7) is 6.76. The van der Waals surface area contributed by atoms with Crippen LogP contribution >= 0.6 is 7.82 Å². The number of allylic oxidation sites excluding steroid dienone is 11. The number of esters is 1. The molecule has 3 unspecified atom stereocenters. The van der Waals surface area contributed by atoms with Crippen LogP contribution in [0.5, 0.6) is 0 Å². The number of phosphoric ester groups is 1. The first-order chi connectivity index (χ1) is 33.9. The van der Waals surface area contributed by atoms with Gasteiger partial charge in [0.25, 0.3) is 7.82 Å². The molecule has 0 bridgehead atoms. The number of nitrogens with one attached hydrogen (secondary N) is 1. The Morgan fingerprint density at radius 2 is 0.871 bits per heavy atom. The van der Waals surface area contributed by atoms with Crippen molar-refractivity contribution in [3.63, 3.8) is 0 Å². The molecule has 406 valence electrons. The van der Waals surface area contributed by atoms with Crippen molar-refractivity contribution in [2.75, 3.05) is 40.9 Å². The number of hydrogen-bond acceptors (Lipinski definition) is 7. The molecule has 0 heterocycles. The van der Waals surface area contributed by atoms with Crippen LogP contribution in [0, 0.1) is 0 Å². The second-order valence-corrected chi connectivity index (χ2v) is 21.8. The number of likely N-dealkylation sites (N-methyl/N-ethyl adjacent to an activating group) is 1. The highest BCUT2D eigenvalue weighted by Crippen LogP contribution is 2.38. The molecule has 70 heavy (non-hydrogen) atoms. The summed E-state index contributed by atoms with van der Waals surface area (Å²) in [6.07, 6.45) is 62.9. The standard InChI is InChI=1S/C60H109N2O7P/c1-7-10-13-16-19-22-25-28-29-30-31-32-33-35-37-40-43-46-49-52-59(63)61-57(56-68-70(65,66)67-55-54-62(4,5)6)58(51-48-45-42-39-36-27-24-21-18-15-12-9-3)69-60(64)53-50-47-44-41-38-34-26-23-20-17-14-11-8-2/h19,22,28-29,31-32,34-35,37-38,48,51,57-58H,7-18,20-21,23-27,30,33,36,39-47,49-50,52-56H2,1-6H3,(H-,61,63,65,66)/b22-19-,29-28-,32-31-,37-35-,38-34-,51-48-. The highest BCUT2D eigenvalue weighted by molar-refractivity contribution is 7.45. The Bertz CT molecular complexity index is 1430. The van der Waals surface area contributed by atoms with Gasteiger partial charge in [-0.25, -0.2) is 0 Å². The first-order valence-electron chi connectivity index (χ1n) is 28.7. The molecule has 9 nitrogen and oxygen atoms in total. The first-order valence-corrected chi connectivity index (χ1v) is 30.2. The molecule has 0 rings (SSSR count). The summed E-state index contributed by atoms with van der Waals surface area (Å²) >= 11 is 0. The number of hydrogen-bond donors (Lipinski definition) is 1. The molecule has 0 spiro atoms. The van der Waals surface area contributed by atoms with Crippen molar-refractivity contribution in [2.45, 2.75) is 258 Å². The van der Waals surface area contributed by atoms with E-state index in [0.717, 1.165) is 83.5 Å². The van der Waals surface area contributed by atoms with E-state index in [9.17, 15) is 19.0 Å².